The normalized spacial score (nSPS) is 14.5. The number of anilines is 1. The van der Waals surface area contributed by atoms with Gasteiger partial charge in [0.2, 0.25) is 11.8 Å². The van der Waals surface area contributed by atoms with Crippen LogP contribution in [0.25, 0.3) is 0 Å². The fourth-order valence-electron chi connectivity index (χ4n) is 5.48. The van der Waals surface area contributed by atoms with Crippen molar-refractivity contribution < 1.29 is 22.7 Å². The molecule has 3 aromatic rings. The summed E-state index contributed by atoms with van der Waals surface area (Å²) in [6.45, 7) is 3.19. The summed E-state index contributed by atoms with van der Waals surface area (Å²) in [5.41, 5.74) is 1.76. The molecule has 0 bridgehead atoms. The van der Waals surface area contributed by atoms with Gasteiger partial charge in [-0.15, -0.1) is 0 Å². The molecule has 8 nitrogen and oxygen atoms in total. The first-order valence-electron chi connectivity index (χ1n) is 14.8. The number of benzene rings is 3. The molecular formula is C33H39Cl2N3O5S. The van der Waals surface area contributed by atoms with Crippen molar-refractivity contribution in [3.05, 3.63) is 87.9 Å². The molecular weight excluding hydrogens is 621 g/mol. The molecule has 0 saturated heterocycles. The molecule has 0 aliphatic heterocycles. The number of hydrogen-bond donors (Lipinski definition) is 1. The fraction of sp³-hybridized carbons (Fsp3) is 0.394. The molecule has 0 spiro atoms. The molecule has 1 N–H and O–H groups in total. The fourth-order valence-corrected chi connectivity index (χ4v) is 7.39. The minimum absolute atomic E-state index is 0.00780. The molecule has 4 rings (SSSR count). The van der Waals surface area contributed by atoms with Crippen LogP contribution in [-0.4, -0.2) is 50.9 Å². The van der Waals surface area contributed by atoms with Crippen molar-refractivity contribution in [3.63, 3.8) is 0 Å². The maximum absolute atomic E-state index is 14.3. The van der Waals surface area contributed by atoms with Gasteiger partial charge in [-0.1, -0.05) is 79.2 Å². The van der Waals surface area contributed by atoms with Crippen LogP contribution >= 0.6 is 23.2 Å². The highest BCUT2D eigenvalue weighted by Gasteiger charge is 2.34. The number of methoxy groups -OCH3 is 1. The van der Waals surface area contributed by atoms with E-state index in [4.69, 9.17) is 27.9 Å². The van der Waals surface area contributed by atoms with Crippen LogP contribution in [0, 0.1) is 6.92 Å². The molecule has 1 aliphatic rings. The second-order valence-electron chi connectivity index (χ2n) is 11.1. The van der Waals surface area contributed by atoms with E-state index in [1.54, 1.807) is 31.4 Å². The van der Waals surface area contributed by atoms with E-state index in [1.807, 2.05) is 26.0 Å². The number of amides is 2. The topological polar surface area (TPSA) is 96.0 Å². The van der Waals surface area contributed by atoms with Crippen LogP contribution < -0.4 is 14.4 Å². The van der Waals surface area contributed by atoms with Crippen molar-refractivity contribution in [2.24, 2.45) is 0 Å². The van der Waals surface area contributed by atoms with Crippen molar-refractivity contribution in [2.75, 3.05) is 18.0 Å². The van der Waals surface area contributed by atoms with E-state index in [0.29, 0.717) is 12.2 Å². The molecule has 0 heterocycles. The summed E-state index contributed by atoms with van der Waals surface area (Å²) in [4.78, 5) is 29.5. The Morgan fingerprint density at radius 2 is 1.64 bits per heavy atom. The molecule has 1 fully saturated rings. The van der Waals surface area contributed by atoms with Crippen LogP contribution in [0.15, 0.2) is 71.6 Å². The van der Waals surface area contributed by atoms with Crippen molar-refractivity contribution in [1.82, 2.24) is 10.2 Å². The Morgan fingerprint density at radius 1 is 0.977 bits per heavy atom. The Bertz CT molecular complexity index is 1540. The largest absolute Gasteiger partial charge is 0.497 e. The summed E-state index contributed by atoms with van der Waals surface area (Å²) < 4.78 is 34.5. The minimum Gasteiger partial charge on any atom is -0.497 e. The van der Waals surface area contributed by atoms with Crippen LogP contribution in [0.2, 0.25) is 10.0 Å². The Hall–Kier alpha value is -3.27. The number of sulfonamides is 1. The molecule has 0 radical (unpaired) electrons. The smallest absolute Gasteiger partial charge is 0.264 e. The number of carbonyl (C=O) groups is 2. The second-order valence-corrected chi connectivity index (χ2v) is 13.8. The summed E-state index contributed by atoms with van der Waals surface area (Å²) in [5.74, 6) is -0.202. The van der Waals surface area contributed by atoms with E-state index < -0.39 is 28.5 Å². The van der Waals surface area contributed by atoms with Crippen LogP contribution in [-0.2, 0) is 26.2 Å². The van der Waals surface area contributed by atoms with E-state index >= 15 is 0 Å². The van der Waals surface area contributed by atoms with Gasteiger partial charge in [-0.25, -0.2) is 8.42 Å². The SMILES string of the molecule is CCC(C(=O)NC1CCCCC1)N(Cc1cccc(OC)c1)C(=O)CN(c1cc(Cl)cc(Cl)c1)S(=O)(=O)c1ccc(C)cc1. The van der Waals surface area contributed by atoms with Gasteiger partial charge in [0.1, 0.15) is 18.3 Å². The van der Waals surface area contributed by atoms with Gasteiger partial charge in [0.25, 0.3) is 10.0 Å². The first-order valence-corrected chi connectivity index (χ1v) is 17.0. The number of hydrogen-bond acceptors (Lipinski definition) is 5. The van der Waals surface area contributed by atoms with Crippen LogP contribution in [0.1, 0.15) is 56.6 Å². The van der Waals surface area contributed by atoms with E-state index in [-0.39, 0.29) is 39.1 Å². The average Bonchev–Trinajstić information content (AvgIpc) is 3.00. The number of ether oxygens (including phenoxy) is 1. The molecule has 1 unspecified atom stereocenters. The predicted molar refractivity (Wildman–Crippen MR) is 175 cm³/mol. The van der Waals surface area contributed by atoms with Gasteiger partial charge in [-0.3, -0.25) is 13.9 Å². The van der Waals surface area contributed by atoms with Crippen molar-refractivity contribution in [2.45, 2.75) is 75.9 Å². The van der Waals surface area contributed by atoms with E-state index in [0.717, 1.165) is 47.5 Å². The maximum Gasteiger partial charge on any atom is 0.264 e. The third kappa shape index (κ3) is 8.46. The Labute approximate surface area is 270 Å². The second kappa shape index (κ2) is 15.1. The molecule has 2 amide bonds. The summed E-state index contributed by atoms with van der Waals surface area (Å²) in [6.07, 6.45) is 5.35. The van der Waals surface area contributed by atoms with Crippen molar-refractivity contribution in [3.8, 4) is 5.75 Å². The lowest BCUT2D eigenvalue weighted by Crippen LogP contribution is -2.54. The first-order chi connectivity index (χ1) is 21.0. The standard InChI is InChI=1S/C33H39Cl2N3O5S/c1-4-31(33(40)36-27-10-6-5-7-11-27)37(21-24-9-8-12-29(17-24)43-3)32(39)22-38(28-19-25(34)18-26(35)20-28)44(41,42)30-15-13-23(2)14-16-30/h8-9,12-20,27,31H,4-7,10-11,21-22H2,1-3H3,(H,36,40). The van der Waals surface area contributed by atoms with Crippen LogP contribution in [0.4, 0.5) is 5.69 Å². The molecule has 1 atom stereocenters. The Kier molecular flexibility index (Phi) is 11.6. The number of carbonyl (C=O) groups excluding carboxylic acids is 2. The highest BCUT2D eigenvalue weighted by Crippen LogP contribution is 2.30. The highest BCUT2D eigenvalue weighted by atomic mass is 35.5. The van der Waals surface area contributed by atoms with Gasteiger partial charge >= 0.3 is 0 Å². The molecule has 0 aromatic heterocycles. The van der Waals surface area contributed by atoms with Gasteiger partial charge in [0, 0.05) is 22.6 Å². The van der Waals surface area contributed by atoms with Crippen molar-refractivity contribution in [1.29, 1.82) is 0 Å². The molecule has 11 heteroatoms. The number of aryl methyl sites for hydroxylation is 1. The van der Waals surface area contributed by atoms with Crippen LogP contribution in [0.3, 0.4) is 0 Å². The van der Waals surface area contributed by atoms with Gasteiger partial charge in [-0.05, 0) is 74.2 Å². The molecule has 3 aromatic carbocycles. The lowest BCUT2D eigenvalue weighted by molar-refractivity contribution is -0.140. The van der Waals surface area contributed by atoms with Crippen molar-refractivity contribution >= 4 is 50.7 Å². The Morgan fingerprint density at radius 3 is 2.25 bits per heavy atom. The predicted octanol–water partition coefficient (Wildman–Crippen LogP) is 6.76. The zero-order chi connectivity index (χ0) is 31.9. The molecule has 44 heavy (non-hydrogen) atoms. The van der Waals surface area contributed by atoms with Gasteiger partial charge in [0.15, 0.2) is 0 Å². The van der Waals surface area contributed by atoms with Gasteiger partial charge in [-0.2, -0.15) is 0 Å². The number of nitrogens with zero attached hydrogens (tertiary/aromatic N) is 2. The third-order valence-corrected chi connectivity index (χ3v) is 10.1. The number of rotatable bonds is 12. The van der Waals surface area contributed by atoms with E-state index in [2.05, 4.69) is 5.32 Å². The quantitative estimate of drug-likeness (QED) is 0.232. The summed E-state index contributed by atoms with van der Waals surface area (Å²) in [5, 5.41) is 3.59. The Balaban J connectivity index is 1.74. The lowest BCUT2D eigenvalue weighted by atomic mass is 9.95. The number of halogens is 2. The summed E-state index contributed by atoms with van der Waals surface area (Å²) in [6, 6.07) is 17.2. The third-order valence-electron chi connectivity index (χ3n) is 7.85. The van der Waals surface area contributed by atoms with E-state index in [9.17, 15) is 18.0 Å². The number of nitrogens with one attached hydrogen (secondary N) is 1. The monoisotopic (exact) mass is 659 g/mol. The lowest BCUT2D eigenvalue weighted by Gasteiger charge is -2.34. The summed E-state index contributed by atoms with van der Waals surface area (Å²) >= 11 is 12.6. The minimum atomic E-state index is -4.24. The van der Waals surface area contributed by atoms with E-state index in [1.165, 1.54) is 35.2 Å². The summed E-state index contributed by atoms with van der Waals surface area (Å²) in [7, 11) is -2.69. The van der Waals surface area contributed by atoms with Crippen LogP contribution in [0.5, 0.6) is 5.75 Å². The van der Waals surface area contributed by atoms with Gasteiger partial charge in [0.05, 0.1) is 17.7 Å². The molecule has 1 aliphatic carbocycles. The van der Waals surface area contributed by atoms with Gasteiger partial charge < -0.3 is 15.0 Å². The average molecular weight is 661 g/mol. The zero-order valence-electron chi connectivity index (χ0n) is 25.3. The molecule has 236 valence electrons. The zero-order valence-corrected chi connectivity index (χ0v) is 27.6. The molecule has 1 saturated carbocycles. The maximum atomic E-state index is 14.3. The highest BCUT2D eigenvalue weighted by molar-refractivity contribution is 7.92. The first kappa shape index (κ1) is 33.6.